The highest BCUT2D eigenvalue weighted by molar-refractivity contribution is 5.76. The van der Waals surface area contributed by atoms with Crippen molar-refractivity contribution in [2.45, 2.75) is 57.9 Å². The zero-order valence-electron chi connectivity index (χ0n) is 13.0. The van der Waals surface area contributed by atoms with Crippen LogP contribution in [0.25, 0.3) is 0 Å². The average molecular weight is 281 g/mol. The van der Waals surface area contributed by atoms with Crippen molar-refractivity contribution in [2.24, 2.45) is 11.7 Å². The molecule has 4 nitrogen and oxygen atoms in total. The summed E-state index contributed by atoms with van der Waals surface area (Å²) in [6.07, 6.45) is 8.69. The molecule has 0 bridgehead atoms. The lowest BCUT2D eigenvalue weighted by atomic mass is 9.86. The summed E-state index contributed by atoms with van der Waals surface area (Å²) in [5, 5.41) is 0. The van der Waals surface area contributed by atoms with E-state index >= 15 is 0 Å². The number of hydrogen-bond acceptors (Lipinski definition) is 3. The van der Waals surface area contributed by atoms with Gasteiger partial charge in [0.25, 0.3) is 0 Å². The summed E-state index contributed by atoms with van der Waals surface area (Å²) in [7, 11) is 0. The molecule has 2 N–H and O–H groups in total. The molecule has 0 aromatic carbocycles. The van der Waals surface area contributed by atoms with Crippen LogP contribution in [0.15, 0.2) is 0 Å². The van der Waals surface area contributed by atoms with E-state index in [1.165, 1.54) is 32.1 Å². The first kappa shape index (κ1) is 15.8. The van der Waals surface area contributed by atoms with Gasteiger partial charge in [0.1, 0.15) is 0 Å². The number of nitrogens with zero attached hydrogens (tertiary/aromatic N) is 2. The van der Waals surface area contributed by atoms with Gasteiger partial charge in [-0.05, 0) is 19.3 Å². The first-order valence-electron chi connectivity index (χ1n) is 8.42. The molecule has 20 heavy (non-hydrogen) atoms. The van der Waals surface area contributed by atoms with Gasteiger partial charge < -0.3 is 10.6 Å². The molecule has 2 fully saturated rings. The molecule has 0 aromatic rings. The molecular formula is C16H31N3O. The third kappa shape index (κ3) is 4.45. The number of hydrogen-bond donors (Lipinski definition) is 1. The van der Waals surface area contributed by atoms with Crippen molar-refractivity contribution in [1.29, 1.82) is 0 Å². The molecule has 1 amide bonds. The van der Waals surface area contributed by atoms with Crippen LogP contribution in [0.1, 0.15) is 51.9 Å². The average Bonchev–Trinajstić information content (AvgIpc) is 2.53. The standard InChI is InChI=1S/C16H31N3O/c1-14(13-17)18-9-11-19(12-10-18)16(20)8-7-15-5-3-2-4-6-15/h14-15H,2-13,17H2,1H3. The van der Waals surface area contributed by atoms with E-state index < -0.39 is 0 Å². The molecule has 0 aromatic heterocycles. The molecule has 2 rings (SSSR count). The van der Waals surface area contributed by atoms with E-state index in [2.05, 4.69) is 16.7 Å². The predicted octanol–water partition coefficient (Wildman–Crippen LogP) is 1.84. The molecule has 1 heterocycles. The fourth-order valence-electron chi connectivity index (χ4n) is 3.52. The molecule has 1 saturated heterocycles. The van der Waals surface area contributed by atoms with E-state index in [0.29, 0.717) is 18.5 Å². The normalized spacial score (nSPS) is 23.8. The van der Waals surface area contributed by atoms with Crippen LogP contribution in [0.2, 0.25) is 0 Å². The highest BCUT2D eigenvalue weighted by Crippen LogP contribution is 2.27. The Morgan fingerprint density at radius 3 is 2.40 bits per heavy atom. The molecular weight excluding hydrogens is 250 g/mol. The Hall–Kier alpha value is -0.610. The second-order valence-corrected chi connectivity index (χ2v) is 6.54. The van der Waals surface area contributed by atoms with Crippen molar-refractivity contribution >= 4 is 5.91 Å². The summed E-state index contributed by atoms with van der Waals surface area (Å²) in [4.78, 5) is 16.7. The molecule has 2 aliphatic rings. The van der Waals surface area contributed by atoms with Crippen molar-refractivity contribution in [1.82, 2.24) is 9.80 Å². The zero-order chi connectivity index (χ0) is 14.4. The highest BCUT2D eigenvalue weighted by atomic mass is 16.2. The molecule has 0 spiro atoms. The Morgan fingerprint density at radius 1 is 1.15 bits per heavy atom. The van der Waals surface area contributed by atoms with E-state index in [9.17, 15) is 4.79 Å². The van der Waals surface area contributed by atoms with Gasteiger partial charge in [-0.2, -0.15) is 0 Å². The monoisotopic (exact) mass is 281 g/mol. The summed E-state index contributed by atoms with van der Waals surface area (Å²) >= 11 is 0. The third-order valence-corrected chi connectivity index (χ3v) is 5.12. The van der Waals surface area contributed by atoms with Gasteiger partial charge in [-0.1, -0.05) is 32.1 Å². The lowest BCUT2D eigenvalue weighted by Crippen LogP contribution is -2.52. The molecule has 1 aliphatic heterocycles. The maximum Gasteiger partial charge on any atom is 0.222 e. The summed E-state index contributed by atoms with van der Waals surface area (Å²) in [5.41, 5.74) is 5.71. The predicted molar refractivity (Wildman–Crippen MR) is 82.5 cm³/mol. The van der Waals surface area contributed by atoms with Crippen LogP contribution in [-0.4, -0.2) is 54.5 Å². The van der Waals surface area contributed by atoms with Gasteiger partial charge in [-0.3, -0.25) is 9.69 Å². The maximum atomic E-state index is 12.3. The first-order chi connectivity index (χ1) is 9.70. The number of carbonyl (C=O) groups is 1. The van der Waals surface area contributed by atoms with Crippen molar-refractivity contribution in [3.63, 3.8) is 0 Å². The molecule has 1 saturated carbocycles. The quantitative estimate of drug-likeness (QED) is 0.836. The van der Waals surface area contributed by atoms with Crippen molar-refractivity contribution < 1.29 is 4.79 Å². The van der Waals surface area contributed by atoms with E-state index in [0.717, 1.165) is 44.9 Å². The van der Waals surface area contributed by atoms with E-state index in [4.69, 9.17) is 5.73 Å². The first-order valence-corrected chi connectivity index (χ1v) is 8.42. The maximum absolute atomic E-state index is 12.3. The van der Waals surface area contributed by atoms with Gasteiger partial charge in [0, 0.05) is 45.2 Å². The molecule has 4 heteroatoms. The van der Waals surface area contributed by atoms with Crippen LogP contribution in [0.5, 0.6) is 0 Å². The van der Waals surface area contributed by atoms with Gasteiger partial charge in [0.15, 0.2) is 0 Å². The van der Waals surface area contributed by atoms with Gasteiger partial charge in [0.2, 0.25) is 5.91 Å². The topological polar surface area (TPSA) is 49.6 Å². The van der Waals surface area contributed by atoms with Gasteiger partial charge >= 0.3 is 0 Å². The lowest BCUT2D eigenvalue weighted by molar-refractivity contribution is -0.133. The van der Waals surface area contributed by atoms with Crippen molar-refractivity contribution in [3.05, 3.63) is 0 Å². The van der Waals surface area contributed by atoms with Crippen molar-refractivity contribution in [2.75, 3.05) is 32.7 Å². The number of piperazine rings is 1. The molecule has 1 aliphatic carbocycles. The smallest absolute Gasteiger partial charge is 0.222 e. The van der Waals surface area contributed by atoms with Crippen LogP contribution < -0.4 is 5.73 Å². The minimum Gasteiger partial charge on any atom is -0.340 e. The minimum atomic E-state index is 0.371. The molecule has 1 atom stereocenters. The molecule has 0 radical (unpaired) electrons. The number of amides is 1. The van der Waals surface area contributed by atoms with Gasteiger partial charge in [0.05, 0.1) is 0 Å². The Labute approximate surface area is 123 Å². The Bertz CT molecular complexity index is 294. The van der Waals surface area contributed by atoms with Crippen LogP contribution in [-0.2, 0) is 4.79 Å². The second-order valence-electron chi connectivity index (χ2n) is 6.54. The number of nitrogens with two attached hydrogens (primary N) is 1. The Balaban J connectivity index is 1.66. The summed E-state index contributed by atoms with van der Waals surface area (Å²) in [6.45, 7) is 6.60. The van der Waals surface area contributed by atoms with E-state index in [1.54, 1.807) is 0 Å². The minimum absolute atomic E-state index is 0.371. The fourth-order valence-corrected chi connectivity index (χ4v) is 3.52. The van der Waals surface area contributed by atoms with E-state index in [-0.39, 0.29) is 0 Å². The zero-order valence-corrected chi connectivity index (χ0v) is 13.0. The van der Waals surface area contributed by atoms with Gasteiger partial charge in [-0.25, -0.2) is 0 Å². The Kier molecular flexibility index (Phi) is 6.30. The van der Waals surface area contributed by atoms with Crippen molar-refractivity contribution in [3.8, 4) is 0 Å². The van der Waals surface area contributed by atoms with E-state index in [1.807, 2.05) is 0 Å². The number of carbonyl (C=O) groups excluding carboxylic acids is 1. The SMILES string of the molecule is CC(CN)N1CCN(C(=O)CCC2CCCCC2)CC1. The summed E-state index contributed by atoms with van der Waals surface area (Å²) in [5.74, 6) is 1.18. The number of rotatable bonds is 5. The Morgan fingerprint density at radius 2 is 1.80 bits per heavy atom. The van der Waals surface area contributed by atoms with Crippen LogP contribution >= 0.6 is 0 Å². The summed E-state index contributed by atoms with van der Waals surface area (Å²) < 4.78 is 0. The highest BCUT2D eigenvalue weighted by Gasteiger charge is 2.24. The van der Waals surface area contributed by atoms with Crippen LogP contribution in [0.4, 0.5) is 0 Å². The van der Waals surface area contributed by atoms with Crippen LogP contribution in [0, 0.1) is 5.92 Å². The molecule has 116 valence electrons. The molecule has 1 unspecified atom stereocenters. The fraction of sp³-hybridized carbons (Fsp3) is 0.938. The lowest BCUT2D eigenvalue weighted by Gasteiger charge is -2.38. The van der Waals surface area contributed by atoms with Gasteiger partial charge in [-0.15, -0.1) is 0 Å². The van der Waals surface area contributed by atoms with Crippen LogP contribution in [0.3, 0.4) is 0 Å². The largest absolute Gasteiger partial charge is 0.340 e. The summed E-state index contributed by atoms with van der Waals surface area (Å²) in [6, 6.07) is 0.439. The third-order valence-electron chi connectivity index (χ3n) is 5.12. The second kappa shape index (κ2) is 7.99.